The third kappa shape index (κ3) is 4.05. The molecule has 1 amide bonds. The maximum absolute atomic E-state index is 14.0. The minimum absolute atomic E-state index is 0.00786. The van der Waals surface area contributed by atoms with E-state index >= 15 is 0 Å². The highest BCUT2D eigenvalue weighted by Crippen LogP contribution is 2.57. The Kier molecular flexibility index (Phi) is 5.80. The molecule has 0 aliphatic heterocycles. The number of aromatic nitrogens is 1. The van der Waals surface area contributed by atoms with E-state index in [1.54, 1.807) is 0 Å². The highest BCUT2D eigenvalue weighted by Gasteiger charge is 2.54. The number of carbonyl (C=O) groups is 2. The molecule has 0 radical (unpaired) electrons. The Bertz CT molecular complexity index is 983. The highest BCUT2D eigenvalue weighted by molar-refractivity contribution is 7.18. The first-order valence-electron chi connectivity index (χ1n) is 8.76. The molecule has 29 heavy (non-hydrogen) atoms. The van der Waals surface area contributed by atoms with Crippen LogP contribution in [-0.2, 0) is 7.05 Å². The lowest BCUT2D eigenvalue weighted by molar-refractivity contribution is -0.0899. The van der Waals surface area contributed by atoms with Crippen molar-refractivity contribution in [1.82, 2.24) is 4.57 Å². The summed E-state index contributed by atoms with van der Waals surface area (Å²) < 4.78 is 56.4. The Hall–Kier alpha value is -1.92. The number of nitrogens with one attached hydrogen (secondary N) is 1. The van der Waals surface area contributed by atoms with Gasteiger partial charge in [0.2, 0.25) is 0 Å². The van der Waals surface area contributed by atoms with Crippen LogP contribution in [0.5, 0.6) is 0 Å². The van der Waals surface area contributed by atoms with Gasteiger partial charge in [0.1, 0.15) is 16.5 Å². The molecule has 0 saturated heterocycles. The molecule has 1 N–H and O–H groups in total. The fourth-order valence-electron chi connectivity index (χ4n) is 3.39. The van der Waals surface area contributed by atoms with Crippen molar-refractivity contribution in [1.29, 1.82) is 0 Å². The Morgan fingerprint density at radius 2 is 1.97 bits per heavy atom. The number of carbonyl (C=O) groups excluding carboxylic acids is 2. The van der Waals surface area contributed by atoms with E-state index in [1.807, 2.05) is 0 Å². The van der Waals surface area contributed by atoms with Gasteiger partial charge in [0.25, 0.3) is 11.6 Å². The average Bonchev–Trinajstić information content (AvgIpc) is 2.99. The smallest absolute Gasteiger partial charge is 0.272 e. The van der Waals surface area contributed by atoms with Gasteiger partial charge < -0.3 is 9.88 Å². The summed E-state index contributed by atoms with van der Waals surface area (Å²) in [5, 5.41) is 1.51. The lowest BCUT2D eigenvalue weighted by Gasteiger charge is -2.45. The quantitative estimate of drug-likeness (QED) is 0.278. The fraction of sp³-hybridized carbons (Fsp3) is 0.368. The van der Waals surface area contributed by atoms with Crippen molar-refractivity contribution in [2.24, 2.45) is 12.5 Å². The lowest BCUT2D eigenvalue weighted by atomic mass is 9.65. The van der Waals surface area contributed by atoms with Crippen LogP contribution in [-0.4, -0.2) is 21.9 Å². The van der Waals surface area contributed by atoms with Crippen molar-refractivity contribution in [2.45, 2.75) is 31.3 Å². The van der Waals surface area contributed by atoms with E-state index in [4.69, 9.17) is 11.6 Å². The van der Waals surface area contributed by atoms with Crippen molar-refractivity contribution >= 4 is 38.2 Å². The van der Waals surface area contributed by atoms with Crippen molar-refractivity contribution in [3.8, 4) is 0 Å². The van der Waals surface area contributed by atoms with Gasteiger partial charge in [-0.25, -0.2) is 17.6 Å². The summed E-state index contributed by atoms with van der Waals surface area (Å²) >= 11 is 5.49. The molecule has 1 atom stereocenters. The van der Waals surface area contributed by atoms with E-state index in [1.165, 1.54) is 33.1 Å². The molecule has 0 spiro atoms. The molecule has 1 saturated carbocycles. The maximum Gasteiger partial charge on any atom is 0.272 e. The zero-order valence-corrected chi connectivity index (χ0v) is 17.3. The van der Waals surface area contributed by atoms with E-state index in [0.717, 1.165) is 12.1 Å². The number of aryl methyl sites for hydroxylation is 1. The van der Waals surface area contributed by atoms with Crippen LogP contribution in [0.3, 0.4) is 0 Å². The van der Waals surface area contributed by atoms with E-state index in [2.05, 4.69) is 5.32 Å². The number of Topliss-reactive ketones (excluding diaryl/α,β-unsaturated/α-hetero) is 1. The lowest BCUT2D eigenvalue weighted by Crippen LogP contribution is -2.44. The number of rotatable bonds is 6. The van der Waals surface area contributed by atoms with Crippen molar-refractivity contribution in [3.05, 3.63) is 52.3 Å². The van der Waals surface area contributed by atoms with E-state index in [9.17, 15) is 27.2 Å². The Morgan fingerprint density at radius 3 is 2.52 bits per heavy atom. The molecule has 1 heterocycles. The normalized spacial score (nSPS) is 15.7. The van der Waals surface area contributed by atoms with Gasteiger partial charge in [-0.3, -0.25) is 9.59 Å². The first kappa shape index (κ1) is 21.8. The second kappa shape index (κ2) is 7.73. The molecule has 156 valence electrons. The van der Waals surface area contributed by atoms with Crippen LogP contribution in [0.25, 0.3) is 0 Å². The zero-order chi connectivity index (χ0) is 21.6. The summed E-state index contributed by atoms with van der Waals surface area (Å²) in [6, 6.07) is 3.18. The van der Waals surface area contributed by atoms with Crippen LogP contribution in [0, 0.1) is 17.0 Å². The number of nitrogens with zero attached hydrogens (tertiary/aromatic N) is 1. The van der Waals surface area contributed by atoms with Gasteiger partial charge >= 0.3 is 0 Å². The Labute approximate surface area is 171 Å². The number of halogens is 5. The van der Waals surface area contributed by atoms with Gasteiger partial charge in [-0.1, -0.05) is 27.3 Å². The van der Waals surface area contributed by atoms with E-state index in [0.29, 0.717) is 6.42 Å². The van der Waals surface area contributed by atoms with Crippen LogP contribution >= 0.6 is 20.8 Å². The summed E-state index contributed by atoms with van der Waals surface area (Å²) in [7, 11) is 3.01. The number of alkyl halides is 2. The number of anilines is 1. The van der Waals surface area contributed by atoms with Crippen molar-refractivity contribution < 1.29 is 27.2 Å². The van der Waals surface area contributed by atoms with Gasteiger partial charge in [0, 0.05) is 30.6 Å². The molecule has 2 aromatic rings. The molecule has 1 aliphatic rings. The number of hydrogen-bond acceptors (Lipinski definition) is 2. The third-order valence-electron chi connectivity index (χ3n) is 5.36. The molecule has 10 heteroatoms. The molecule has 1 aromatic heterocycles. The average molecular weight is 449 g/mol. The maximum atomic E-state index is 14.0. The number of benzene rings is 1. The monoisotopic (exact) mass is 448 g/mol. The summed E-state index contributed by atoms with van der Waals surface area (Å²) in [6.07, 6.45) is 2.15. The van der Waals surface area contributed by atoms with E-state index in [-0.39, 0.29) is 36.2 Å². The number of ketones is 1. The predicted molar refractivity (Wildman–Crippen MR) is 105 cm³/mol. The van der Waals surface area contributed by atoms with Crippen LogP contribution in [0.4, 0.5) is 23.2 Å². The van der Waals surface area contributed by atoms with Crippen molar-refractivity contribution in [2.75, 3.05) is 5.32 Å². The second-order valence-electron chi connectivity index (χ2n) is 7.26. The molecule has 0 bridgehead atoms. The fourth-order valence-corrected chi connectivity index (χ4v) is 3.95. The number of amides is 1. The van der Waals surface area contributed by atoms with Gasteiger partial charge in [-0.05, 0) is 31.0 Å². The largest absolute Gasteiger partial charge is 0.346 e. The SMILES string of the molecule is Cn1cc(C(=O)CC2(C(F)(F)P)CCC2)cc1C(=O)Nc1ccc(F)c(Cl)c1F. The molecule has 4 nitrogen and oxygen atoms in total. The van der Waals surface area contributed by atoms with Crippen LogP contribution in [0.1, 0.15) is 46.5 Å². The molecular weight excluding hydrogens is 431 g/mol. The molecular formula is C19H18ClF4N2O2P. The molecule has 1 fully saturated rings. The summed E-state index contributed by atoms with van der Waals surface area (Å²) in [6.45, 7) is 0. The topological polar surface area (TPSA) is 51.1 Å². The second-order valence-corrected chi connectivity index (χ2v) is 8.36. The third-order valence-corrected chi connectivity index (χ3v) is 6.32. The minimum atomic E-state index is -3.06. The molecule has 1 unspecified atom stereocenters. The predicted octanol–water partition coefficient (Wildman–Crippen LogP) is 5.42. The number of hydrogen-bond donors (Lipinski definition) is 1. The molecule has 3 rings (SSSR count). The van der Waals surface area contributed by atoms with Crippen molar-refractivity contribution in [3.63, 3.8) is 0 Å². The minimum Gasteiger partial charge on any atom is -0.346 e. The van der Waals surface area contributed by atoms with Crippen LogP contribution in [0.15, 0.2) is 24.4 Å². The van der Waals surface area contributed by atoms with Gasteiger partial charge in [-0.15, -0.1) is 0 Å². The molecule has 1 aliphatic carbocycles. The first-order valence-corrected chi connectivity index (χ1v) is 9.72. The van der Waals surface area contributed by atoms with E-state index < -0.39 is 39.4 Å². The molecule has 1 aromatic carbocycles. The zero-order valence-electron chi connectivity index (χ0n) is 15.4. The van der Waals surface area contributed by atoms with Gasteiger partial charge in [0.15, 0.2) is 11.6 Å². The van der Waals surface area contributed by atoms with Gasteiger partial charge in [-0.2, -0.15) is 0 Å². The first-order chi connectivity index (χ1) is 13.4. The highest BCUT2D eigenvalue weighted by atomic mass is 35.5. The standard InChI is InChI=1S/C19H18ClF4N2O2P/c1-26-9-10(14(27)8-18(5-2-6-18)19(23,24)29)7-13(26)17(28)25-12-4-3-11(21)15(20)16(12)22/h3-4,7,9H,2,5-6,8,29H2,1H3,(H,25,28). The van der Waals surface area contributed by atoms with Crippen LogP contribution < -0.4 is 5.32 Å². The van der Waals surface area contributed by atoms with Gasteiger partial charge in [0.05, 0.1) is 5.69 Å². The summed E-state index contributed by atoms with van der Waals surface area (Å²) in [5.41, 5.74) is -4.66. The summed E-state index contributed by atoms with van der Waals surface area (Å²) in [4.78, 5) is 25.0. The Morgan fingerprint density at radius 1 is 1.31 bits per heavy atom. The van der Waals surface area contributed by atoms with Crippen LogP contribution in [0.2, 0.25) is 5.02 Å². The Balaban J connectivity index is 1.79. The summed E-state index contributed by atoms with van der Waals surface area (Å²) in [5.74, 6) is -3.36.